The van der Waals surface area contributed by atoms with E-state index in [2.05, 4.69) is 5.16 Å². The van der Waals surface area contributed by atoms with Crippen molar-refractivity contribution in [2.45, 2.75) is 19.8 Å². The smallest absolute Gasteiger partial charge is 0.222 e. The van der Waals surface area contributed by atoms with Crippen molar-refractivity contribution >= 4 is 17.5 Å². The summed E-state index contributed by atoms with van der Waals surface area (Å²) >= 11 is 5.98. The van der Waals surface area contributed by atoms with E-state index in [9.17, 15) is 5.11 Å². The second-order valence-corrected chi connectivity index (χ2v) is 4.58. The minimum atomic E-state index is -0.00985. The fraction of sp³-hybridized carbons (Fsp3) is 0.250. The summed E-state index contributed by atoms with van der Waals surface area (Å²) in [5.74, 6) is 0.492. The third-order valence-corrected chi connectivity index (χ3v) is 2.84. The van der Waals surface area contributed by atoms with Crippen LogP contribution < -0.4 is 5.73 Å². The first-order valence-corrected chi connectivity index (χ1v) is 5.61. The molecule has 4 nitrogen and oxygen atoms in total. The molecule has 2 rings (SSSR count). The zero-order valence-electron chi connectivity index (χ0n) is 9.57. The summed E-state index contributed by atoms with van der Waals surface area (Å²) < 4.78 is 4.79. The molecule has 1 aromatic carbocycles. The van der Waals surface area contributed by atoms with Crippen LogP contribution in [0.25, 0.3) is 11.3 Å². The number of phenolic OH excluding ortho intramolecular Hbond substituents is 1. The van der Waals surface area contributed by atoms with Gasteiger partial charge in [-0.1, -0.05) is 30.6 Å². The quantitative estimate of drug-likeness (QED) is 0.859. The van der Waals surface area contributed by atoms with Crippen molar-refractivity contribution in [1.82, 2.24) is 5.16 Å². The van der Waals surface area contributed by atoms with E-state index in [1.807, 2.05) is 19.9 Å². The number of rotatable bonds is 2. The number of halogens is 1. The zero-order valence-corrected chi connectivity index (χ0v) is 10.3. The van der Waals surface area contributed by atoms with Crippen molar-refractivity contribution in [3.63, 3.8) is 0 Å². The topological polar surface area (TPSA) is 72.3 Å². The zero-order chi connectivity index (χ0) is 12.6. The molecule has 2 aromatic rings. The Morgan fingerprint density at radius 2 is 2.06 bits per heavy atom. The lowest BCUT2D eigenvalue weighted by Gasteiger charge is -2.10. The van der Waals surface area contributed by atoms with Crippen molar-refractivity contribution in [2.75, 3.05) is 5.73 Å². The molecule has 0 fully saturated rings. The van der Waals surface area contributed by atoms with Crippen molar-refractivity contribution in [3.05, 3.63) is 28.8 Å². The van der Waals surface area contributed by atoms with E-state index in [-0.39, 0.29) is 11.6 Å². The summed E-state index contributed by atoms with van der Waals surface area (Å²) in [6, 6.07) is 5.13. The number of nitrogens with two attached hydrogens (primary N) is 1. The maximum absolute atomic E-state index is 9.91. The summed E-state index contributed by atoms with van der Waals surface area (Å²) in [5, 5.41) is 14.0. The number of anilines is 1. The Morgan fingerprint density at radius 1 is 1.35 bits per heavy atom. The molecule has 90 valence electrons. The van der Waals surface area contributed by atoms with Crippen LogP contribution in [-0.2, 0) is 0 Å². The molecule has 0 amide bonds. The normalized spacial score (nSPS) is 11.1. The molecule has 0 bridgehead atoms. The summed E-state index contributed by atoms with van der Waals surface area (Å²) in [5.41, 5.74) is 7.48. The van der Waals surface area contributed by atoms with Crippen molar-refractivity contribution in [3.8, 4) is 17.0 Å². The number of aromatic nitrogens is 1. The summed E-state index contributed by atoms with van der Waals surface area (Å²) in [7, 11) is 0. The second-order valence-electron chi connectivity index (χ2n) is 4.17. The van der Waals surface area contributed by atoms with E-state index in [0.717, 1.165) is 5.56 Å². The van der Waals surface area contributed by atoms with E-state index in [1.165, 1.54) is 0 Å². The molecule has 0 atom stereocenters. The highest BCUT2D eigenvalue weighted by Gasteiger charge is 2.15. The van der Waals surface area contributed by atoms with Gasteiger partial charge in [-0.05, 0) is 23.6 Å². The van der Waals surface area contributed by atoms with Crippen LogP contribution in [0.5, 0.6) is 5.75 Å². The molecule has 0 saturated heterocycles. The first-order chi connectivity index (χ1) is 7.99. The van der Waals surface area contributed by atoms with Crippen LogP contribution in [0.15, 0.2) is 22.7 Å². The molecule has 0 aliphatic carbocycles. The minimum absolute atomic E-state index is 0.00985. The lowest BCUT2D eigenvalue weighted by molar-refractivity contribution is 0.437. The molecule has 1 heterocycles. The van der Waals surface area contributed by atoms with Gasteiger partial charge in [0.05, 0.1) is 5.02 Å². The highest BCUT2D eigenvalue weighted by Crippen LogP contribution is 2.38. The predicted molar refractivity (Wildman–Crippen MR) is 67.1 cm³/mol. The minimum Gasteiger partial charge on any atom is -0.506 e. The molecule has 0 unspecified atom stereocenters. The number of nitrogens with zero attached hydrogens (tertiary/aromatic N) is 1. The number of benzene rings is 1. The van der Waals surface area contributed by atoms with Crippen LogP contribution in [0.4, 0.5) is 5.88 Å². The number of aromatic hydroxyl groups is 1. The maximum Gasteiger partial charge on any atom is 0.222 e. The van der Waals surface area contributed by atoms with Crippen LogP contribution in [0, 0.1) is 0 Å². The third kappa shape index (κ3) is 2.22. The van der Waals surface area contributed by atoms with Crippen LogP contribution in [0.1, 0.15) is 25.3 Å². The molecule has 3 N–H and O–H groups in total. The van der Waals surface area contributed by atoms with Gasteiger partial charge >= 0.3 is 0 Å². The fourth-order valence-corrected chi connectivity index (χ4v) is 1.79. The molecule has 17 heavy (non-hydrogen) atoms. The van der Waals surface area contributed by atoms with Crippen molar-refractivity contribution < 1.29 is 9.63 Å². The van der Waals surface area contributed by atoms with Crippen LogP contribution in [0.2, 0.25) is 5.02 Å². The first-order valence-electron chi connectivity index (χ1n) is 5.24. The fourth-order valence-electron chi connectivity index (χ4n) is 1.56. The predicted octanol–water partition coefficient (Wildman–Crippen LogP) is 3.41. The summed E-state index contributed by atoms with van der Waals surface area (Å²) in [6.07, 6.45) is 0. The lowest BCUT2D eigenvalue weighted by atomic mass is 9.99. The van der Waals surface area contributed by atoms with Gasteiger partial charge in [0.15, 0.2) is 0 Å². The van der Waals surface area contributed by atoms with E-state index in [0.29, 0.717) is 22.2 Å². The van der Waals surface area contributed by atoms with Gasteiger partial charge in [-0.15, -0.1) is 0 Å². The molecule has 5 heteroatoms. The van der Waals surface area contributed by atoms with Crippen LogP contribution in [0.3, 0.4) is 0 Å². The molecule has 0 radical (unpaired) electrons. The maximum atomic E-state index is 9.91. The summed E-state index contributed by atoms with van der Waals surface area (Å²) in [4.78, 5) is 0. The standard InChI is InChI=1S/C12H13ClN2O2/c1-6(2)7-3-8(12(16)9(13)4-7)10-5-11(14)17-15-10/h3-6,16H,14H2,1-2H3. The number of phenols is 1. The lowest BCUT2D eigenvalue weighted by Crippen LogP contribution is -1.90. The molecule has 0 spiro atoms. The monoisotopic (exact) mass is 252 g/mol. The highest BCUT2D eigenvalue weighted by atomic mass is 35.5. The van der Waals surface area contributed by atoms with Gasteiger partial charge in [0, 0.05) is 11.6 Å². The van der Waals surface area contributed by atoms with Gasteiger partial charge in [0.25, 0.3) is 0 Å². The Hall–Kier alpha value is -1.68. The van der Waals surface area contributed by atoms with Gasteiger partial charge < -0.3 is 15.4 Å². The number of nitrogen functional groups attached to an aromatic ring is 1. The van der Waals surface area contributed by atoms with Gasteiger partial charge in [-0.25, -0.2) is 0 Å². The Bertz CT molecular complexity index is 549. The molecule has 0 aliphatic rings. The van der Waals surface area contributed by atoms with Crippen molar-refractivity contribution in [1.29, 1.82) is 0 Å². The first kappa shape index (κ1) is 11.8. The van der Waals surface area contributed by atoms with E-state index >= 15 is 0 Å². The Balaban J connectivity index is 2.60. The Labute approximate surface area is 104 Å². The largest absolute Gasteiger partial charge is 0.506 e. The molecular formula is C12H13ClN2O2. The molecule has 0 saturated carbocycles. The molecular weight excluding hydrogens is 240 g/mol. The second kappa shape index (κ2) is 4.30. The van der Waals surface area contributed by atoms with Gasteiger partial charge in [-0.3, -0.25) is 0 Å². The number of hydrogen-bond acceptors (Lipinski definition) is 4. The SMILES string of the molecule is CC(C)c1cc(Cl)c(O)c(-c2cc(N)on2)c1. The average Bonchev–Trinajstić information content (AvgIpc) is 2.68. The van der Waals surface area contributed by atoms with E-state index in [1.54, 1.807) is 12.1 Å². The Kier molecular flexibility index (Phi) is 2.98. The van der Waals surface area contributed by atoms with E-state index in [4.69, 9.17) is 21.9 Å². The van der Waals surface area contributed by atoms with Gasteiger partial charge in [-0.2, -0.15) is 0 Å². The third-order valence-electron chi connectivity index (χ3n) is 2.56. The van der Waals surface area contributed by atoms with E-state index < -0.39 is 0 Å². The average molecular weight is 253 g/mol. The molecule has 1 aromatic heterocycles. The Morgan fingerprint density at radius 3 is 2.59 bits per heavy atom. The number of hydrogen-bond donors (Lipinski definition) is 2. The highest BCUT2D eigenvalue weighted by molar-refractivity contribution is 6.32. The van der Waals surface area contributed by atoms with Crippen LogP contribution >= 0.6 is 11.6 Å². The van der Waals surface area contributed by atoms with Crippen LogP contribution in [-0.4, -0.2) is 10.3 Å². The molecule has 0 aliphatic heterocycles. The summed E-state index contributed by atoms with van der Waals surface area (Å²) in [6.45, 7) is 4.09. The van der Waals surface area contributed by atoms with Gasteiger partial charge in [0.2, 0.25) is 5.88 Å². The van der Waals surface area contributed by atoms with Crippen molar-refractivity contribution in [2.24, 2.45) is 0 Å². The van der Waals surface area contributed by atoms with Gasteiger partial charge in [0.1, 0.15) is 11.4 Å².